The first-order chi connectivity index (χ1) is 8.78. The summed E-state index contributed by atoms with van der Waals surface area (Å²) in [7, 11) is 0. The van der Waals surface area contributed by atoms with Crippen molar-refractivity contribution < 1.29 is 9.47 Å². The average Bonchev–Trinajstić information content (AvgIpc) is 2.78. The number of aromatic amines is 1. The molecule has 1 aromatic heterocycles. The molecule has 0 fully saturated rings. The quantitative estimate of drug-likeness (QED) is 0.819. The fourth-order valence-electron chi connectivity index (χ4n) is 1.59. The number of anilines is 1. The fourth-order valence-corrected chi connectivity index (χ4v) is 1.59. The highest BCUT2D eigenvalue weighted by molar-refractivity contribution is 5.31. The molecule has 0 bridgehead atoms. The predicted octanol–water partition coefficient (Wildman–Crippen LogP) is 2.01. The maximum Gasteiger partial charge on any atom is 0.145 e. The highest BCUT2D eigenvalue weighted by Crippen LogP contribution is 2.17. The summed E-state index contributed by atoms with van der Waals surface area (Å²) in [6.45, 7) is 3.21. The van der Waals surface area contributed by atoms with Gasteiger partial charge in [-0.15, -0.1) is 0 Å². The van der Waals surface area contributed by atoms with Crippen LogP contribution in [0.2, 0.25) is 0 Å². The van der Waals surface area contributed by atoms with Crippen molar-refractivity contribution in [3.8, 4) is 11.5 Å². The lowest BCUT2D eigenvalue weighted by Gasteiger charge is -2.06. The van der Waals surface area contributed by atoms with Crippen molar-refractivity contribution >= 4 is 5.82 Å². The van der Waals surface area contributed by atoms with Gasteiger partial charge in [-0.3, -0.25) is 5.10 Å². The molecule has 0 aliphatic heterocycles. The summed E-state index contributed by atoms with van der Waals surface area (Å²) in [5.41, 5.74) is 6.48. The number of nitrogens with zero attached hydrogens (tertiary/aromatic N) is 1. The topological polar surface area (TPSA) is 73.2 Å². The lowest BCUT2D eigenvalue weighted by atomic mass is 10.3. The molecule has 2 aromatic rings. The van der Waals surface area contributed by atoms with E-state index in [9.17, 15) is 0 Å². The Balaban J connectivity index is 1.79. The van der Waals surface area contributed by atoms with Gasteiger partial charge in [-0.05, 0) is 31.2 Å². The fraction of sp³-hybridized carbons (Fsp3) is 0.308. The summed E-state index contributed by atoms with van der Waals surface area (Å²) in [6.07, 6.45) is 0.747. The van der Waals surface area contributed by atoms with E-state index < -0.39 is 0 Å². The highest BCUT2D eigenvalue weighted by atomic mass is 16.5. The monoisotopic (exact) mass is 247 g/mol. The van der Waals surface area contributed by atoms with E-state index in [1.807, 2.05) is 37.3 Å². The summed E-state index contributed by atoms with van der Waals surface area (Å²) in [5.74, 6) is 2.18. The number of rotatable bonds is 6. The number of nitrogens with one attached hydrogen (secondary N) is 1. The van der Waals surface area contributed by atoms with Gasteiger partial charge in [0.25, 0.3) is 0 Å². The normalized spacial score (nSPS) is 10.3. The molecule has 0 atom stereocenters. The van der Waals surface area contributed by atoms with Crippen LogP contribution < -0.4 is 15.2 Å². The Hall–Kier alpha value is -2.17. The van der Waals surface area contributed by atoms with Gasteiger partial charge in [0.1, 0.15) is 17.3 Å². The molecule has 5 nitrogen and oxygen atoms in total. The lowest BCUT2D eigenvalue weighted by molar-refractivity contribution is 0.317. The van der Waals surface area contributed by atoms with E-state index in [2.05, 4.69) is 10.2 Å². The van der Waals surface area contributed by atoms with Gasteiger partial charge in [0.2, 0.25) is 0 Å². The molecular weight excluding hydrogens is 230 g/mol. The Morgan fingerprint density at radius 2 is 1.83 bits per heavy atom. The number of ether oxygens (including phenoxy) is 2. The second-order valence-electron chi connectivity index (χ2n) is 3.82. The van der Waals surface area contributed by atoms with Crippen LogP contribution >= 0.6 is 0 Å². The molecule has 2 rings (SSSR count). The van der Waals surface area contributed by atoms with Gasteiger partial charge < -0.3 is 15.2 Å². The number of hydrogen-bond donors (Lipinski definition) is 2. The summed E-state index contributed by atoms with van der Waals surface area (Å²) in [4.78, 5) is 0. The predicted molar refractivity (Wildman–Crippen MR) is 69.8 cm³/mol. The van der Waals surface area contributed by atoms with Crippen molar-refractivity contribution in [1.82, 2.24) is 10.2 Å². The SMILES string of the molecule is CCOc1ccc(OCCc2cc(N)n[nH]2)cc1. The van der Waals surface area contributed by atoms with Crippen molar-refractivity contribution in [2.45, 2.75) is 13.3 Å². The molecule has 0 saturated carbocycles. The van der Waals surface area contributed by atoms with Crippen molar-refractivity contribution in [1.29, 1.82) is 0 Å². The van der Waals surface area contributed by atoms with Crippen LogP contribution in [0.15, 0.2) is 30.3 Å². The molecule has 96 valence electrons. The third-order valence-corrected chi connectivity index (χ3v) is 2.43. The minimum absolute atomic E-state index is 0.506. The van der Waals surface area contributed by atoms with Crippen molar-refractivity contribution in [3.05, 3.63) is 36.0 Å². The van der Waals surface area contributed by atoms with Gasteiger partial charge >= 0.3 is 0 Å². The van der Waals surface area contributed by atoms with Crippen LogP contribution in [-0.2, 0) is 6.42 Å². The minimum atomic E-state index is 0.506. The summed E-state index contributed by atoms with van der Waals surface area (Å²) in [6, 6.07) is 9.39. The molecule has 1 heterocycles. The van der Waals surface area contributed by atoms with E-state index in [0.29, 0.717) is 19.0 Å². The third-order valence-electron chi connectivity index (χ3n) is 2.43. The van der Waals surface area contributed by atoms with Crippen molar-refractivity contribution in [3.63, 3.8) is 0 Å². The molecule has 3 N–H and O–H groups in total. The standard InChI is InChI=1S/C13H17N3O2/c1-2-17-11-3-5-12(6-4-11)18-8-7-10-9-13(14)16-15-10/h3-6,9H,2,7-8H2,1H3,(H3,14,15,16). The van der Waals surface area contributed by atoms with E-state index in [1.165, 1.54) is 0 Å². The number of H-pyrrole nitrogens is 1. The van der Waals surface area contributed by atoms with E-state index in [4.69, 9.17) is 15.2 Å². The molecule has 1 aromatic carbocycles. The summed E-state index contributed by atoms with van der Waals surface area (Å²) >= 11 is 0. The van der Waals surface area contributed by atoms with Gasteiger partial charge in [-0.2, -0.15) is 5.10 Å². The number of nitrogens with two attached hydrogens (primary N) is 1. The van der Waals surface area contributed by atoms with Crippen LogP contribution in [0.25, 0.3) is 0 Å². The van der Waals surface area contributed by atoms with Gasteiger partial charge in [0.15, 0.2) is 0 Å². The second kappa shape index (κ2) is 5.95. The Bertz CT molecular complexity index is 479. The number of aromatic nitrogens is 2. The molecule has 0 aliphatic carbocycles. The molecular formula is C13H17N3O2. The molecule has 5 heteroatoms. The summed E-state index contributed by atoms with van der Waals surface area (Å²) in [5, 5.41) is 6.70. The van der Waals surface area contributed by atoms with Crippen LogP contribution in [0, 0.1) is 0 Å². The molecule has 0 aliphatic rings. The zero-order valence-electron chi connectivity index (χ0n) is 10.3. The first-order valence-corrected chi connectivity index (χ1v) is 5.93. The Morgan fingerprint density at radius 1 is 1.17 bits per heavy atom. The maximum absolute atomic E-state index is 5.61. The lowest BCUT2D eigenvalue weighted by Crippen LogP contribution is -2.01. The molecule has 0 amide bonds. The molecule has 0 unspecified atom stereocenters. The number of benzene rings is 1. The van der Waals surface area contributed by atoms with Crippen molar-refractivity contribution in [2.24, 2.45) is 0 Å². The minimum Gasteiger partial charge on any atom is -0.494 e. The highest BCUT2D eigenvalue weighted by Gasteiger charge is 1.99. The molecule has 18 heavy (non-hydrogen) atoms. The van der Waals surface area contributed by atoms with E-state index in [-0.39, 0.29) is 0 Å². The first-order valence-electron chi connectivity index (χ1n) is 5.93. The van der Waals surface area contributed by atoms with E-state index >= 15 is 0 Å². The van der Waals surface area contributed by atoms with Gasteiger partial charge in [0, 0.05) is 18.2 Å². The number of hydrogen-bond acceptors (Lipinski definition) is 4. The molecule has 0 radical (unpaired) electrons. The zero-order valence-corrected chi connectivity index (χ0v) is 10.3. The largest absolute Gasteiger partial charge is 0.494 e. The smallest absolute Gasteiger partial charge is 0.145 e. The van der Waals surface area contributed by atoms with E-state index in [0.717, 1.165) is 23.6 Å². The first kappa shape index (κ1) is 12.3. The molecule has 0 saturated heterocycles. The second-order valence-corrected chi connectivity index (χ2v) is 3.82. The summed E-state index contributed by atoms with van der Waals surface area (Å²) < 4.78 is 11.0. The van der Waals surface area contributed by atoms with Crippen LogP contribution in [-0.4, -0.2) is 23.4 Å². The van der Waals surface area contributed by atoms with Crippen LogP contribution in [0.1, 0.15) is 12.6 Å². The molecule has 0 spiro atoms. The van der Waals surface area contributed by atoms with Gasteiger partial charge in [0.05, 0.1) is 13.2 Å². The number of nitrogen functional groups attached to an aromatic ring is 1. The van der Waals surface area contributed by atoms with Crippen LogP contribution in [0.5, 0.6) is 11.5 Å². The maximum atomic E-state index is 5.61. The third kappa shape index (κ3) is 3.41. The van der Waals surface area contributed by atoms with Crippen LogP contribution in [0.3, 0.4) is 0 Å². The van der Waals surface area contributed by atoms with Crippen molar-refractivity contribution in [2.75, 3.05) is 18.9 Å². The van der Waals surface area contributed by atoms with Crippen LogP contribution in [0.4, 0.5) is 5.82 Å². The Kier molecular flexibility index (Phi) is 4.06. The van der Waals surface area contributed by atoms with Gasteiger partial charge in [-0.25, -0.2) is 0 Å². The zero-order chi connectivity index (χ0) is 12.8. The Morgan fingerprint density at radius 3 is 2.39 bits per heavy atom. The van der Waals surface area contributed by atoms with Gasteiger partial charge in [-0.1, -0.05) is 0 Å². The Labute approximate surface area is 106 Å². The van der Waals surface area contributed by atoms with E-state index in [1.54, 1.807) is 0 Å². The average molecular weight is 247 g/mol.